The molecule has 1 fully saturated rings. The third-order valence-electron chi connectivity index (χ3n) is 3.25. The Labute approximate surface area is 114 Å². The van der Waals surface area contributed by atoms with Crippen LogP contribution in [0.25, 0.3) is 0 Å². The molecule has 7 heteroatoms. The van der Waals surface area contributed by atoms with Gasteiger partial charge in [0.05, 0.1) is 5.75 Å². The van der Waals surface area contributed by atoms with E-state index in [0.717, 1.165) is 12.7 Å². The van der Waals surface area contributed by atoms with E-state index < -0.39 is 21.9 Å². The third-order valence-corrected chi connectivity index (χ3v) is 4.17. The van der Waals surface area contributed by atoms with Gasteiger partial charge >= 0.3 is 0 Å². The highest BCUT2D eigenvalue weighted by Crippen LogP contribution is 2.16. The predicted octanol–water partition coefficient (Wildman–Crippen LogP) is -0.0633. The van der Waals surface area contributed by atoms with Crippen LogP contribution in [0.15, 0.2) is 0 Å². The number of amides is 2. The zero-order valence-corrected chi connectivity index (χ0v) is 12.5. The van der Waals surface area contributed by atoms with Crippen molar-refractivity contribution in [2.45, 2.75) is 45.2 Å². The Morgan fingerprint density at radius 1 is 1.26 bits per heavy atom. The zero-order chi connectivity index (χ0) is 14.6. The van der Waals surface area contributed by atoms with Crippen molar-refractivity contribution in [3.8, 4) is 0 Å². The van der Waals surface area contributed by atoms with Crippen LogP contribution < -0.4 is 5.32 Å². The summed E-state index contributed by atoms with van der Waals surface area (Å²) in [6.45, 7) is 3.84. The van der Waals surface area contributed by atoms with E-state index in [1.807, 2.05) is 13.8 Å². The van der Waals surface area contributed by atoms with Gasteiger partial charge in [0.25, 0.3) is 0 Å². The Morgan fingerprint density at radius 3 is 2.37 bits per heavy atom. The maximum absolute atomic E-state index is 12.2. The number of carbonyl (C=O) groups excluding carboxylic acids is 2. The molecule has 19 heavy (non-hydrogen) atoms. The number of carbonyl (C=O) groups is 2. The summed E-state index contributed by atoms with van der Waals surface area (Å²) in [7, 11) is -3.15. The van der Waals surface area contributed by atoms with E-state index in [2.05, 4.69) is 5.32 Å². The largest absolute Gasteiger partial charge is 0.343 e. The molecular formula is C12H22N2O4S. The standard InChI is InChI=1S/C12H22N2O4S/c1-4-6-10-11(15)13-9(5-2)12(16)14(10)7-8-19(3,17)18/h9-10H,4-8H2,1-3H3,(H,13,15). The van der Waals surface area contributed by atoms with Crippen molar-refractivity contribution in [2.75, 3.05) is 18.6 Å². The molecule has 2 amide bonds. The molecule has 2 unspecified atom stereocenters. The van der Waals surface area contributed by atoms with Gasteiger partial charge in [-0.15, -0.1) is 0 Å². The minimum atomic E-state index is -3.15. The van der Waals surface area contributed by atoms with Crippen molar-refractivity contribution in [3.05, 3.63) is 0 Å². The van der Waals surface area contributed by atoms with Crippen molar-refractivity contribution < 1.29 is 18.0 Å². The fraction of sp³-hybridized carbons (Fsp3) is 0.833. The number of sulfone groups is 1. The normalized spacial score (nSPS) is 24.5. The van der Waals surface area contributed by atoms with Crippen LogP contribution in [0.4, 0.5) is 0 Å². The molecule has 1 heterocycles. The van der Waals surface area contributed by atoms with Crippen molar-refractivity contribution in [2.24, 2.45) is 0 Å². The smallest absolute Gasteiger partial charge is 0.245 e. The molecule has 1 saturated heterocycles. The maximum atomic E-state index is 12.2. The number of hydrogen-bond donors (Lipinski definition) is 1. The molecule has 6 nitrogen and oxygen atoms in total. The summed E-state index contributed by atoms with van der Waals surface area (Å²) >= 11 is 0. The molecule has 0 radical (unpaired) electrons. The number of nitrogens with zero attached hydrogens (tertiary/aromatic N) is 1. The summed E-state index contributed by atoms with van der Waals surface area (Å²) in [4.78, 5) is 25.6. The number of piperazine rings is 1. The van der Waals surface area contributed by atoms with Crippen LogP contribution in [0, 0.1) is 0 Å². The fourth-order valence-electron chi connectivity index (χ4n) is 2.19. The van der Waals surface area contributed by atoms with Crippen LogP contribution in [0.2, 0.25) is 0 Å². The van der Waals surface area contributed by atoms with Gasteiger partial charge in [0.1, 0.15) is 21.9 Å². The van der Waals surface area contributed by atoms with Gasteiger partial charge in [-0.05, 0) is 12.8 Å². The van der Waals surface area contributed by atoms with E-state index in [1.165, 1.54) is 4.90 Å². The van der Waals surface area contributed by atoms with Gasteiger partial charge < -0.3 is 10.2 Å². The number of rotatable bonds is 6. The van der Waals surface area contributed by atoms with Gasteiger partial charge in [-0.3, -0.25) is 9.59 Å². The molecule has 0 bridgehead atoms. The Morgan fingerprint density at radius 2 is 1.89 bits per heavy atom. The topological polar surface area (TPSA) is 83.6 Å². The highest BCUT2D eigenvalue weighted by Gasteiger charge is 2.39. The van der Waals surface area contributed by atoms with Crippen LogP contribution >= 0.6 is 0 Å². The quantitative estimate of drug-likeness (QED) is 0.742. The molecular weight excluding hydrogens is 268 g/mol. The molecule has 1 N–H and O–H groups in total. The molecule has 0 saturated carbocycles. The summed E-state index contributed by atoms with van der Waals surface area (Å²) in [6.07, 6.45) is 2.96. The summed E-state index contributed by atoms with van der Waals surface area (Å²) in [5.41, 5.74) is 0. The van der Waals surface area contributed by atoms with E-state index in [1.54, 1.807) is 0 Å². The molecule has 0 aromatic carbocycles. The molecule has 1 rings (SSSR count). The van der Waals surface area contributed by atoms with Crippen LogP contribution in [0.1, 0.15) is 33.1 Å². The lowest BCUT2D eigenvalue weighted by atomic mass is 10.0. The molecule has 1 aliphatic heterocycles. The Bertz CT molecular complexity index is 447. The van der Waals surface area contributed by atoms with E-state index in [9.17, 15) is 18.0 Å². The first-order chi connectivity index (χ1) is 8.80. The molecule has 0 aliphatic carbocycles. The summed E-state index contributed by atoms with van der Waals surface area (Å²) < 4.78 is 22.5. The molecule has 1 aliphatic rings. The van der Waals surface area contributed by atoms with E-state index in [0.29, 0.717) is 12.8 Å². The van der Waals surface area contributed by atoms with Crippen LogP contribution in [-0.4, -0.2) is 55.8 Å². The lowest BCUT2D eigenvalue weighted by molar-refractivity contribution is -0.149. The summed E-state index contributed by atoms with van der Waals surface area (Å²) in [6, 6.07) is -1.07. The Hall–Kier alpha value is -1.11. The van der Waals surface area contributed by atoms with Gasteiger partial charge in [-0.2, -0.15) is 0 Å². The third kappa shape index (κ3) is 4.19. The average Bonchev–Trinajstić information content (AvgIpc) is 2.31. The van der Waals surface area contributed by atoms with Gasteiger partial charge in [0.2, 0.25) is 11.8 Å². The van der Waals surface area contributed by atoms with E-state index in [-0.39, 0.29) is 24.1 Å². The van der Waals surface area contributed by atoms with Gasteiger partial charge in [0.15, 0.2) is 0 Å². The van der Waals surface area contributed by atoms with E-state index in [4.69, 9.17) is 0 Å². The van der Waals surface area contributed by atoms with Crippen molar-refractivity contribution >= 4 is 21.7 Å². The SMILES string of the molecule is CCCC1C(=O)NC(CC)C(=O)N1CCS(C)(=O)=O. The molecule has 0 spiro atoms. The summed E-state index contributed by atoms with van der Waals surface area (Å²) in [5, 5.41) is 2.70. The Kier molecular flexibility index (Phi) is 5.34. The van der Waals surface area contributed by atoms with Gasteiger partial charge in [-0.1, -0.05) is 20.3 Å². The van der Waals surface area contributed by atoms with Crippen molar-refractivity contribution in [3.63, 3.8) is 0 Å². The molecule has 2 atom stereocenters. The first kappa shape index (κ1) is 15.9. The lowest BCUT2D eigenvalue weighted by Gasteiger charge is -2.38. The monoisotopic (exact) mass is 290 g/mol. The first-order valence-electron chi connectivity index (χ1n) is 6.58. The second-order valence-corrected chi connectivity index (χ2v) is 7.20. The minimum absolute atomic E-state index is 0.0895. The highest BCUT2D eigenvalue weighted by atomic mass is 32.2. The maximum Gasteiger partial charge on any atom is 0.245 e. The summed E-state index contributed by atoms with van der Waals surface area (Å²) in [5.74, 6) is -0.464. The molecule has 0 aromatic rings. The van der Waals surface area contributed by atoms with Crippen LogP contribution in [0.3, 0.4) is 0 Å². The van der Waals surface area contributed by atoms with Crippen molar-refractivity contribution in [1.82, 2.24) is 10.2 Å². The lowest BCUT2D eigenvalue weighted by Crippen LogP contribution is -2.63. The first-order valence-corrected chi connectivity index (χ1v) is 8.64. The number of nitrogens with one attached hydrogen (secondary N) is 1. The minimum Gasteiger partial charge on any atom is -0.343 e. The second-order valence-electron chi connectivity index (χ2n) is 4.94. The van der Waals surface area contributed by atoms with Gasteiger partial charge in [-0.25, -0.2) is 8.42 Å². The predicted molar refractivity (Wildman–Crippen MR) is 72.3 cm³/mol. The van der Waals surface area contributed by atoms with E-state index >= 15 is 0 Å². The van der Waals surface area contributed by atoms with Crippen LogP contribution in [-0.2, 0) is 19.4 Å². The fourth-order valence-corrected chi connectivity index (χ4v) is 2.72. The van der Waals surface area contributed by atoms with Crippen LogP contribution in [0.5, 0.6) is 0 Å². The highest BCUT2D eigenvalue weighted by molar-refractivity contribution is 7.90. The molecule has 110 valence electrons. The van der Waals surface area contributed by atoms with Gasteiger partial charge in [0, 0.05) is 12.8 Å². The number of hydrogen-bond acceptors (Lipinski definition) is 4. The zero-order valence-electron chi connectivity index (χ0n) is 11.7. The average molecular weight is 290 g/mol. The molecule has 0 aromatic heterocycles. The van der Waals surface area contributed by atoms with Crippen molar-refractivity contribution in [1.29, 1.82) is 0 Å². The Balaban J connectivity index is 2.89. The second kappa shape index (κ2) is 6.36.